The number of urea groups is 1. The van der Waals surface area contributed by atoms with Crippen LogP contribution in [0.5, 0.6) is 17.2 Å². The van der Waals surface area contributed by atoms with Gasteiger partial charge in [-0.15, -0.1) is 0 Å². The minimum atomic E-state index is -5.31. The summed E-state index contributed by atoms with van der Waals surface area (Å²) >= 11 is 0. The van der Waals surface area contributed by atoms with Gasteiger partial charge in [0.25, 0.3) is 17.5 Å². The molecule has 2 N–H and O–H groups in total. The molecule has 1 aliphatic carbocycles. The monoisotopic (exact) mass is 487 g/mol. The summed E-state index contributed by atoms with van der Waals surface area (Å²) in [5, 5.41) is 3.44. The van der Waals surface area contributed by atoms with Crippen LogP contribution in [-0.2, 0) is 4.79 Å². The number of halogens is 3. The number of imide groups is 1. The number of hydrogen-bond donors (Lipinski definition) is 2. The Labute approximate surface area is 194 Å². The van der Waals surface area contributed by atoms with Gasteiger partial charge in [-0.25, -0.2) is 4.79 Å². The van der Waals surface area contributed by atoms with Crippen LogP contribution < -0.4 is 24.8 Å². The van der Waals surface area contributed by atoms with E-state index in [4.69, 9.17) is 14.2 Å². The maximum Gasteiger partial charge on any atom is 0.440 e. The molecular formula is C22H28F3N3O6. The maximum absolute atomic E-state index is 14.3. The summed E-state index contributed by atoms with van der Waals surface area (Å²) in [7, 11) is 3.88. The highest BCUT2D eigenvalue weighted by molar-refractivity contribution is 6.10. The lowest BCUT2D eigenvalue weighted by molar-refractivity contribution is -0.201. The molecule has 1 saturated carbocycles. The second-order valence-electron chi connectivity index (χ2n) is 8.56. The predicted octanol–water partition coefficient (Wildman–Crippen LogP) is 3.08. The number of carbonyl (C=O) groups excluding carboxylic acids is 3. The highest BCUT2D eigenvalue weighted by Crippen LogP contribution is 2.41. The Morgan fingerprint density at radius 3 is 2.18 bits per heavy atom. The number of ether oxygens (including phenoxy) is 3. The Morgan fingerprint density at radius 1 is 1.09 bits per heavy atom. The minimum Gasteiger partial charge on any atom is -0.493 e. The van der Waals surface area contributed by atoms with E-state index in [1.807, 2.05) is 6.92 Å². The Bertz CT molecular complexity index is 960. The normalized spacial score (nSPS) is 27.3. The van der Waals surface area contributed by atoms with Gasteiger partial charge >= 0.3 is 12.2 Å². The summed E-state index contributed by atoms with van der Waals surface area (Å²) in [4.78, 5) is 39.4. The van der Waals surface area contributed by atoms with E-state index in [0.29, 0.717) is 17.7 Å². The van der Waals surface area contributed by atoms with Crippen LogP contribution in [0.25, 0.3) is 0 Å². The molecule has 0 radical (unpaired) electrons. The van der Waals surface area contributed by atoms with Gasteiger partial charge in [0.1, 0.15) is 0 Å². The van der Waals surface area contributed by atoms with Crippen LogP contribution in [0.2, 0.25) is 0 Å². The molecule has 1 aromatic carbocycles. The van der Waals surface area contributed by atoms with E-state index in [1.165, 1.54) is 21.3 Å². The number of amides is 4. The Hall–Kier alpha value is -3.18. The molecule has 4 atom stereocenters. The largest absolute Gasteiger partial charge is 0.493 e. The highest BCUT2D eigenvalue weighted by atomic mass is 19.4. The lowest BCUT2D eigenvalue weighted by Gasteiger charge is -2.38. The van der Waals surface area contributed by atoms with Crippen LogP contribution in [-0.4, -0.2) is 62.0 Å². The molecule has 4 amide bonds. The third-order valence-corrected chi connectivity index (χ3v) is 6.70. The zero-order chi connectivity index (χ0) is 25.4. The first-order valence-electron chi connectivity index (χ1n) is 10.8. The minimum absolute atomic E-state index is 0.0292. The fourth-order valence-corrected chi connectivity index (χ4v) is 4.57. The molecule has 3 rings (SSSR count). The number of benzene rings is 1. The first-order chi connectivity index (χ1) is 15.9. The first kappa shape index (κ1) is 25.4. The van der Waals surface area contributed by atoms with Crippen molar-refractivity contribution in [2.75, 3.05) is 21.3 Å². The summed E-state index contributed by atoms with van der Waals surface area (Å²) < 4.78 is 58.3. The third-order valence-electron chi connectivity index (χ3n) is 6.70. The summed E-state index contributed by atoms with van der Waals surface area (Å²) in [6.07, 6.45) is -3.40. The van der Waals surface area contributed by atoms with E-state index in [0.717, 1.165) is 18.6 Å². The van der Waals surface area contributed by atoms with Crippen molar-refractivity contribution in [1.82, 2.24) is 15.5 Å². The highest BCUT2D eigenvalue weighted by Gasteiger charge is 2.70. The number of rotatable bonds is 6. The molecule has 34 heavy (non-hydrogen) atoms. The van der Waals surface area contributed by atoms with Gasteiger partial charge in [0, 0.05) is 11.6 Å². The number of nitrogens with one attached hydrogen (secondary N) is 2. The molecule has 1 aromatic rings. The second kappa shape index (κ2) is 9.22. The van der Waals surface area contributed by atoms with Crippen molar-refractivity contribution in [2.45, 2.75) is 51.0 Å². The van der Waals surface area contributed by atoms with E-state index in [1.54, 1.807) is 17.6 Å². The van der Waals surface area contributed by atoms with E-state index >= 15 is 0 Å². The molecule has 9 nitrogen and oxygen atoms in total. The van der Waals surface area contributed by atoms with Crippen LogP contribution in [0.15, 0.2) is 12.1 Å². The zero-order valence-corrected chi connectivity index (χ0v) is 19.5. The predicted molar refractivity (Wildman–Crippen MR) is 114 cm³/mol. The van der Waals surface area contributed by atoms with Crippen LogP contribution in [0.3, 0.4) is 0 Å². The lowest BCUT2D eigenvalue weighted by Crippen LogP contribution is -2.69. The van der Waals surface area contributed by atoms with Gasteiger partial charge in [-0.3, -0.25) is 19.8 Å². The lowest BCUT2D eigenvalue weighted by atomic mass is 9.77. The second-order valence-corrected chi connectivity index (χ2v) is 8.56. The summed E-state index contributed by atoms with van der Waals surface area (Å²) in [6.45, 7) is 3.73. The van der Waals surface area contributed by atoms with Crippen molar-refractivity contribution in [3.05, 3.63) is 17.7 Å². The molecule has 1 heterocycles. The van der Waals surface area contributed by atoms with Gasteiger partial charge in [-0.05, 0) is 30.4 Å². The summed E-state index contributed by atoms with van der Waals surface area (Å²) in [6, 6.07) is 0.382. The van der Waals surface area contributed by atoms with Crippen molar-refractivity contribution < 1.29 is 41.8 Å². The average molecular weight is 487 g/mol. The quantitative estimate of drug-likeness (QED) is 0.598. The Kier molecular flexibility index (Phi) is 6.90. The molecule has 2 fully saturated rings. The third kappa shape index (κ3) is 4.09. The molecule has 1 saturated heterocycles. The van der Waals surface area contributed by atoms with Crippen molar-refractivity contribution in [1.29, 1.82) is 0 Å². The van der Waals surface area contributed by atoms with Gasteiger partial charge in [0.15, 0.2) is 11.5 Å². The van der Waals surface area contributed by atoms with Crippen molar-refractivity contribution >= 4 is 17.8 Å². The molecule has 0 bridgehead atoms. The van der Waals surface area contributed by atoms with Crippen LogP contribution in [0, 0.1) is 11.8 Å². The van der Waals surface area contributed by atoms with Crippen LogP contribution >= 0.6 is 0 Å². The van der Waals surface area contributed by atoms with E-state index < -0.39 is 35.7 Å². The number of methoxy groups -OCH3 is 3. The van der Waals surface area contributed by atoms with Gasteiger partial charge in [0.2, 0.25) is 5.75 Å². The molecule has 188 valence electrons. The SMILES string of the molecule is COc1cc(C(=O)N[C@@]2(C(F)(F)F)NC(=O)N([C@H]3CCC[C@H](C)[C@H]3C)C2=O)cc(OC)c1OC. The summed E-state index contributed by atoms with van der Waals surface area (Å²) in [5.74, 6) is -2.71. The van der Waals surface area contributed by atoms with Gasteiger partial charge in [-0.2, -0.15) is 13.2 Å². The number of nitrogens with zero attached hydrogens (tertiary/aromatic N) is 1. The fraction of sp³-hybridized carbons (Fsp3) is 0.591. The molecule has 0 spiro atoms. The van der Waals surface area contributed by atoms with Gasteiger partial charge in [-0.1, -0.05) is 26.7 Å². The number of carbonyl (C=O) groups is 3. The van der Waals surface area contributed by atoms with Crippen molar-refractivity contribution in [3.63, 3.8) is 0 Å². The van der Waals surface area contributed by atoms with Crippen molar-refractivity contribution in [3.8, 4) is 17.2 Å². The maximum atomic E-state index is 14.3. The molecule has 12 heteroatoms. The topological polar surface area (TPSA) is 106 Å². The first-order valence-corrected chi connectivity index (χ1v) is 10.8. The van der Waals surface area contributed by atoms with E-state index in [9.17, 15) is 27.6 Å². The molecular weight excluding hydrogens is 459 g/mol. The molecule has 2 aliphatic rings. The zero-order valence-electron chi connectivity index (χ0n) is 19.5. The Balaban J connectivity index is 2.00. The number of alkyl halides is 3. The smallest absolute Gasteiger partial charge is 0.440 e. The van der Waals surface area contributed by atoms with E-state index in [2.05, 4.69) is 0 Å². The number of hydrogen-bond acceptors (Lipinski definition) is 6. The fourth-order valence-electron chi connectivity index (χ4n) is 4.57. The van der Waals surface area contributed by atoms with E-state index in [-0.39, 0.29) is 34.6 Å². The van der Waals surface area contributed by atoms with Gasteiger partial charge < -0.3 is 19.5 Å². The van der Waals surface area contributed by atoms with Crippen molar-refractivity contribution in [2.24, 2.45) is 11.8 Å². The molecule has 0 aromatic heterocycles. The Morgan fingerprint density at radius 2 is 1.68 bits per heavy atom. The van der Waals surface area contributed by atoms with Crippen LogP contribution in [0.4, 0.5) is 18.0 Å². The average Bonchev–Trinajstić information content (AvgIpc) is 3.04. The molecule has 0 unspecified atom stereocenters. The van der Waals surface area contributed by atoms with Gasteiger partial charge in [0.05, 0.1) is 21.3 Å². The molecule has 1 aliphatic heterocycles. The van der Waals surface area contributed by atoms with Crippen LogP contribution in [0.1, 0.15) is 43.5 Å². The summed E-state index contributed by atoms with van der Waals surface area (Å²) in [5.41, 5.74) is -3.90. The standard InChI is InChI=1S/C22H28F3N3O6/c1-11-7-6-8-14(12(11)2)28-19(30)21(22(23,24)25,27-20(28)31)26-18(29)13-9-15(32-3)17(34-5)16(10-13)33-4/h9-12,14H,6-8H2,1-5H3,(H,26,29)(H,27,31)/t11-,12+,14-,21+/m0/s1.